The Morgan fingerprint density at radius 1 is 1.29 bits per heavy atom. The fourth-order valence-electron chi connectivity index (χ4n) is 3.06. The van der Waals surface area contributed by atoms with Gasteiger partial charge in [0.25, 0.3) is 5.56 Å². The number of fused-ring (bicyclic) bond motifs is 1. The van der Waals surface area contributed by atoms with E-state index >= 15 is 0 Å². The number of hydrogen-bond donors (Lipinski definition) is 1. The number of nitrogens with zero attached hydrogens (tertiary/aromatic N) is 3. The number of carbonyl (C=O) groups is 1. The van der Waals surface area contributed by atoms with Crippen molar-refractivity contribution in [3.05, 3.63) is 44.4 Å². The van der Waals surface area contributed by atoms with Crippen molar-refractivity contribution in [3.8, 4) is 11.5 Å². The van der Waals surface area contributed by atoms with Gasteiger partial charge in [0.2, 0.25) is 5.91 Å². The molecule has 28 heavy (non-hydrogen) atoms. The van der Waals surface area contributed by atoms with Gasteiger partial charge in [-0.1, -0.05) is 0 Å². The van der Waals surface area contributed by atoms with Gasteiger partial charge in [0.1, 0.15) is 18.0 Å². The van der Waals surface area contributed by atoms with Gasteiger partial charge in [-0.25, -0.2) is 4.79 Å². The smallest absolute Gasteiger partial charge is 0.332 e. The van der Waals surface area contributed by atoms with Crippen LogP contribution < -0.4 is 26.0 Å². The molecule has 1 N–H and O–H groups in total. The highest BCUT2D eigenvalue weighted by Gasteiger charge is 2.29. The van der Waals surface area contributed by atoms with Crippen molar-refractivity contribution in [1.82, 2.24) is 13.5 Å². The maximum Gasteiger partial charge on any atom is 0.332 e. The summed E-state index contributed by atoms with van der Waals surface area (Å²) in [7, 11) is 3.02. The third-order valence-corrected chi connectivity index (χ3v) is 5.21. The molecule has 0 unspecified atom stereocenters. The average molecular weight is 402 g/mol. The van der Waals surface area contributed by atoms with E-state index in [1.165, 1.54) is 23.4 Å². The van der Waals surface area contributed by atoms with Crippen LogP contribution in [-0.4, -0.2) is 33.6 Å². The largest absolute Gasteiger partial charge is 0.497 e. The Morgan fingerprint density at radius 3 is 2.75 bits per heavy atom. The minimum absolute atomic E-state index is 0.112. The maximum atomic E-state index is 12.9. The minimum Gasteiger partial charge on any atom is -0.497 e. The van der Waals surface area contributed by atoms with Crippen LogP contribution in [0.3, 0.4) is 0 Å². The van der Waals surface area contributed by atoms with Crippen LogP contribution >= 0.6 is 11.5 Å². The molecule has 1 amide bonds. The van der Waals surface area contributed by atoms with Gasteiger partial charge >= 0.3 is 5.69 Å². The number of amides is 1. The third-order valence-electron chi connectivity index (χ3n) is 4.59. The predicted octanol–water partition coefficient (Wildman–Crippen LogP) is 1.61. The first-order valence-corrected chi connectivity index (χ1v) is 9.48. The number of nitrogens with one attached hydrogen (secondary N) is 1. The van der Waals surface area contributed by atoms with E-state index in [2.05, 4.69) is 9.69 Å². The molecule has 0 aliphatic heterocycles. The lowest BCUT2D eigenvalue weighted by Crippen LogP contribution is -2.41. The van der Waals surface area contributed by atoms with Crippen molar-refractivity contribution in [2.75, 3.05) is 19.5 Å². The Labute approximate surface area is 163 Å². The number of carbonyl (C=O) groups excluding carboxylic acids is 1. The number of methoxy groups -OCH3 is 2. The zero-order valence-electron chi connectivity index (χ0n) is 15.3. The number of ether oxygens (including phenoxy) is 2. The first kappa shape index (κ1) is 18.2. The lowest BCUT2D eigenvalue weighted by atomic mass is 10.2. The van der Waals surface area contributed by atoms with Crippen LogP contribution in [-0.2, 0) is 11.3 Å². The molecule has 1 aliphatic carbocycles. The number of rotatable bonds is 6. The van der Waals surface area contributed by atoms with Crippen LogP contribution in [0.4, 0.5) is 5.69 Å². The number of aromatic nitrogens is 3. The molecule has 1 fully saturated rings. The monoisotopic (exact) mass is 402 g/mol. The van der Waals surface area contributed by atoms with Crippen LogP contribution in [0.1, 0.15) is 18.9 Å². The van der Waals surface area contributed by atoms with E-state index in [9.17, 15) is 14.4 Å². The number of anilines is 1. The summed E-state index contributed by atoms with van der Waals surface area (Å²) in [5.74, 6) is 0.592. The Bertz CT molecular complexity index is 1170. The Morgan fingerprint density at radius 2 is 2.07 bits per heavy atom. The predicted molar refractivity (Wildman–Crippen MR) is 105 cm³/mol. The first-order chi connectivity index (χ1) is 13.5. The summed E-state index contributed by atoms with van der Waals surface area (Å²) in [5, 5.41) is 4.35. The van der Waals surface area contributed by atoms with Crippen molar-refractivity contribution >= 4 is 34.2 Å². The zero-order valence-corrected chi connectivity index (χ0v) is 16.1. The molecule has 2 aromatic heterocycles. The summed E-state index contributed by atoms with van der Waals surface area (Å²) in [6.07, 6.45) is 1.55. The molecule has 1 aromatic carbocycles. The molecule has 0 radical (unpaired) electrons. The molecule has 1 saturated carbocycles. The molecule has 146 valence electrons. The average Bonchev–Trinajstić information content (AvgIpc) is 3.39. The van der Waals surface area contributed by atoms with Crippen molar-refractivity contribution in [3.63, 3.8) is 0 Å². The standard InChI is InChI=1S/C18H18N4O5S/c1-26-11-5-6-14(27-2)12(7-11)19-15(23)8-21-13-9-28-20-16(13)17(24)22(18(21)25)10-3-4-10/h5-7,9-10H,3-4,8H2,1-2H3,(H,19,23). The van der Waals surface area contributed by atoms with Crippen LogP contribution in [0.25, 0.3) is 11.0 Å². The van der Waals surface area contributed by atoms with Gasteiger partial charge in [0, 0.05) is 17.5 Å². The Kier molecular flexibility index (Phi) is 4.63. The molecular weight excluding hydrogens is 384 g/mol. The molecule has 0 atom stereocenters. The van der Waals surface area contributed by atoms with E-state index in [-0.39, 0.29) is 18.1 Å². The molecule has 0 bridgehead atoms. The molecule has 4 rings (SSSR count). The van der Waals surface area contributed by atoms with Crippen LogP contribution in [0.15, 0.2) is 33.2 Å². The third kappa shape index (κ3) is 3.15. The van der Waals surface area contributed by atoms with E-state index in [1.807, 2.05) is 0 Å². The summed E-state index contributed by atoms with van der Waals surface area (Å²) >= 11 is 1.08. The second-order valence-corrected chi connectivity index (χ2v) is 7.07. The SMILES string of the molecule is COc1ccc(OC)c(NC(=O)Cn2c(=O)n(C3CC3)c(=O)c3nscc32)c1. The molecular formula is C18H18N4O5S. The number of hydrogen-bond acceptors (Lipinski definition) is 7. The van der Waals surface area contributed by atoms with E-state index < -0.39 is 17.2 Å². The summed E-state index contributed by atoms with van der Waals surface area (Å²) in [4.78, 5) is 38.1. The van der Waals surface area contributed by atoms with Crippen LogP contribution in [0, 0.1) is 0 Å². The van der Waals surface area contributed by atoms with Gasteiger partial charge in [-0.3, -0.25) is 18.7 Å². The summed E-state index contributed by atoms with van der Waals surface area (Å²) in [5.41, 5.74) is 0.117. The summed E-state index contributed by atoms with van der Waals surface area (Å²) in [6.45, 7) is -0.249. The fraction of sp³-hybridized carbons (Fsp3) is 0.333. The van der Waals surface area contributed by atoms with Crippen LogP contribution in [0.2, 0.25) is 0 Å². The van der Waals surface area contributed by atoms with E-state index in [4.69, 9.17) is 9.47 Å². The van der Waals surface area contributed by atoms with Crippen molar-refractivity contribution in [1.29, 1.82) is 0 Å². The van der Waals surface area contributed by atoms with Gasteiger partial charge in [-0.05, 0) is 36.5 Å². The highest BCUT2D eigenvalue weighted by molar-refractivity contribution is 7.04. The van der Waals surface area contributed by atoms with E-state index in [0.29, 0.717) is 22.7 Å². The lowest BCUT2D eigenvalue weighted by molar-refractivity contribution is -0.116. The summed E-state index contributed by atoms with van der Waals surface area (Å²) in [6, 6.07) is 4.91. The quantitative estimate of drug-likeness (QED) is 0.672. The highest BCUT2D eigenvalue weighted by Crippen LogP contribution is 2.32. The zero-order chi connectivity index (χ0) is 19.8. The normalized spacial score (nSPS) is 13.5. The first-order valence-electron chi connectivity index (χ1n) is 8.64. The second-order valence-electron chi connectivity index (χ2n) is 6.44. The number of benzene rings is 1. The summed E-state index contributed by atoms with van der Waals surface area (Å²) < 4.78 is 17.0. The Hall–Kier alpha value is -3.14. The molecule has 0 spiro atoms. The van der Waals surface area contributed by atoms with Crippen LogP contribution in [0.5, 0.6) is 11.5 Å². The van der Waals surface area contributed by atoms with Gasteiger partial charge in [0.05, 0.1) is 25.4 Å². The van der Waals surface area contributed by atoms with E-state index in [1.54, 1.807) is 23.6 Å². The Balaban J connectivity index is 1.69. The molecule has 1 aliphatic rings. The highest BCUT2D eigenvalue weighted by atomic mass is 32.1. The lowest BCUT2D eigenvalue weighted by Gasteiger charge is -2.14. The van der Waals surface area contributed by atoms with Gasteiger partial charge in [-0.15, -0.1) is 0 Å². The van der Waals surface area contributed by atoms with Crippen molar-refractivity contribution in [2.24, 2.45) is 0 Å². The molecule has 10 heteroatoms. The van der Waals surface area contributed by atoms with Crippen molar-refractivity contribution < 1.29 is 14.3 Å². The molecule has 9 nitrogen and oxygen atoms in total. The second kappa shape index (κ2) is 7.12. The molecule has 2 heterocycles. The van der Waals surface area contributed by atoms with Gasteiger partial charge < -0.3 is 14.8 Å². The molecule has 0 saturated heterocycles. The maximum absolute atomic E-state index is 12.9. The van der Waals surface area contributed by atoms with E-state index in [0.717, 1.165) is 24.4 Å². The topological polar surface area (TPSA) is 104 Å². The fourth-order valence-corrected chi connectivity index (χ4v) is 3.73. The van der Waals surface area contributed by atoms with Gasteiger partial charge in [0.15, 0.2) is 5.52 Å². The molecule has 3 aromatic rings. The van der Waals surface area contributed by atoms with Crippen molar-refractivity contribution in [2.45, 2.75) is 25.4 Å². The minimum atomic E-state index is -0.493. The van der Waals surface area contributed by atoms with Gasteiger partial charge in [-0.2, -0.15) is 4.37 Å².